The summed E-state index contributed by atoms with van der Waals surface area (Å²) in [5, 5.41) is 2.67. The molecule has 0 saturated carbocycles. The number of nitrogens with one attached hydrogen (secondary N) is 1. The van der Waals surface area contributed by atoms with Crippen molar-refractivity contribution >= 4 is 5.91 Å². The van der Waals surface area contributed by atoms with Crippen molar-refractivity contribution in [2.75, 3.05) is 32.8 Å². The van der Waals surface area contributed by atoms with Crippen LogP contribution in [0.1, 0.15) is 29.8 Å². The molecule has 1 aliphatic heterocycles. The molecule has 0 spiro atoms. The molecule has 4 nitrogen and oxygen atoms in total. The second-order valence-electron chi connectivity index (χ2n) is 6.21. The number of morpholine rings is 1. The second kappa shape index (κ2) is 7.98. The monoisotopic (exact) mass is 344 g/mol. The maximum absolute atomic E-state index is 13.0. The van der Waals surface area contributed by atoms with Crippen molar-refractivity contribution in [1.29, 1.82) is 0 Å². The molecule has 2 rings (SSSR count). The first-order valence-electron chi connectivity index (χ1n) is 8.07. The van der Waals surface area contributed by atoms with Crippen LogP contribution in [0.2, 0.25) is 0 Å². The van der Waals surface area contributed by atoms with Gasteiger partial charge in [0, 0.05) is 25.7 Å². The van der Waals surface area contributed by atoms with Gasteiger partial charge in [0.05, 0.1) is 24.3 Å². The highest BCUT2D eigenvalue weighted by atomic mass is 19.4. The van der Waals surface area contributed by atoms with Gasteiger partial charge in [-0.1, -0.05) is 26.0 Å². The summed E-state index contributed by atoms with van der Waals surface area (Å²) in [4.78, 5) is 14.5. The Balaban J connectivity index is 2.06. The molecule has 1 N–H and O–H groups in total. The lowest BCUT2D eigenvalue weighted by molar-refractivity contribution is -0.137. The molecule has 24 heavy (non-hydrogen) atoms. The maximum atomic E-state index is 13.0. The number of carbonyl (C=O) groups is 1. The van der Waals surface area contributed by atoms with E-state index in [-0.39, 0.29) is 17.5 Å². The first kappa shape index (κ1) is 18.7. The van der Waals surface area contributed by atoms with Crippen LogP contribution in [0.5, 0.6) is 0 Å². The normalized spacial score (nSPS) is 17.8. The number of benzene rings is 1. The molecule has 0 aromatic heterocycles. The third-order valence-corrected chi connectivity index (χ3v) is 4.23. The standard InChI is InChI=1S/C17H23F3N2O2/c1-12(2)15(22-7-9-24-10-8-22)11-21-16(23)13-5-3-4-6-14(13)17(18,19)20/h3-6,12,15H,7-11H2,1-2H3,(H,21,23)/t15-/m0/s1. The lowest BCUT2D eigenvalue weighted by Crippen LogP contribution is -2.51. The summed E-state index contributed by atoms with van der Waals surface area (Å²) in [5.41, 5.74) is -1.25. The van der Waals surface area contributed by atoms with Gasteiger partial charge in [0.15, 0.2) is 0 Å². The van der Waals surface area contributed by atoms with E-state index in [1.807, 2.05) is 13.8 Å². The molecule has 1 amide bonds. The topological polar surface area (TPSA) is 41.6 Å². The van der Waals surface area contributed by atoms with Crippen LogP contribution in [0.15, 0.2) is 24.3 Å². The molecular weight excluding hydrogens is 321 g/mol. The molecule has 0 bridgehead atoms. The summed E-state index contributed by atoms with van der Waals surface area (Å²) in [6.45, 7) is 7.17. The van der Waals surface area contributed by atoms with E-state index in [9.17, 15) is 18.0 Å². The molecule has 134 valence electrons. The van der Waals surface area contributed by atoms with Gasteiger partial charge in [-0.15, -0.1) is 0 Å². The zero-order chi connectivity index (χ0) is 17.7. The predicted octanol–water partition coefficient (Wildman–Crippen LogP) is 2.79. The minimum atomic E-state index is -4.55. The molecule has 0 aliphatic carbocycles. The highest BCUT2D eigenvalue weighted by Crippen LogP contribution is 2.31. The van der Waals surface area contributed by atoms with Gasteiger partial charge in [0.25, 0.3) is 5.91 Å². The van der Waals surface area contributed by atoms with E-state index in [1.54, 1.807) is 0 Å². The van der Waals surface area contributed by atoms with Crippen LogP contribution in [0.4, 0.5) is 13.2 Å². The Kier molecular flexibility index (Phi) is 6.23. The van der Waals surface area contributed by atoms with Crippen molar-refractivity contribution in [3.05, 3.63) is 35.4 Å². The molecule has 1 aliphatic rings. The molecule has 1 saturated heterocycles. The fourth-order valence-electron chi connectivity index (χ4n) is 2.92. The smallest absolute Gasteiger partial charge is 0.379 e. The van der Waals surface area contributed by atoms with E-state index < -0.39 is 17.6 Å². The van der Waals surface area contributed by atoms with E-state index in [0.717, 1.165) is 19.2 Å². The Morgan fingerprint density at radius 2 is 1.88 bits per heavy atom. The number of ether oxygens (including phenoxy) is 1. The Morgan fingerprint density at radius 1 is 1.25 bits per heavy atom. The molecule has 0 radical (unpaired) electrons. The number of nitrogens with zero attached hydrogens (tertiary/aromatic N) is 1. The predicted molar refractivity (Wildman–Crippen MR) is 84.8 cm³/mol. The lowest BCUT2D eigenvalue weighted by atomic mass is 10.0. The van der Waals surface area contributed by atoms with Gasteiger partial charge < -0.3 is 10.1 Å². The van der Waals surface area contributed by atoms with Crippen LogP contribution in [0, 0.1) is 5.92 Å². The number of halogens is 3. The van der Waals surface area contributed by atoms with Crippen LogP contribution < -0.4 is 5.32 Å². The largest absolute Gasteiger partial charge is 0.417 e. The van der Waals surface area contributed by atoms with Gasteiger partial charge in [-0.05, 0) is 18.1 Å². The van der Waals surface area contributed by atoms with E-state index in [4.69, 9.17) is 4.74 Å². The molecule has 0 unspecified atom stereocenters. The zero-order valence-electron chi connectivity index (χ0n) is 13.9. The number of alkyl halides is 3. The van der Waals surface area contributed by atoms with Crippen molar-refractivity contribution in [3.63, 3.8) is 0 Å². The molecule has 1 aromatic carbocycles. The summed E-state index contributed by atoms with van der Waals surface area (Å²) in [5.74, 6) is -0.428. The van der Waals surface area contributed by atoms with E-state index >= 15 is 0 Å². The van der Waals surface area contributed by atoms with Crippen LogP contribution in [0.3, 0.4) is 0 Å². The van der Waals surface area contributed by atoms with E-state index in [1.165, 1.54) is 18.2 Å². The third-order valence-electron chi connectivity index (χ3n) is 4.23. The first-order chi connectivity index (χ1) is 11.3. The number of amides is 1. The Morgan fingerprint density at radius 3 is 2.46 bits per heavy atom. The zero-order valence-corrected chi connectivity index (χ0v) is 13.9. The van der Waals surface area contributed by atoms with E-state index in [2.05, 4.69) is 10.2 Å². The summed E-state index contributed by atoms with van der Waals surface area (Å²) in [7, 11) is 0. The molecule has 1 heterocycles. The Labute approximate surface area is 140 Å². The summed E-state index contributed by atoms with van der Waals surface area (Å²) in [6, 6.07) is 4.92. The summed E-state index contributed by atoms with van der Waals surface area (Å²) < 4.78 is 44.4. The van der Waals surface area contributed by atoms with E-state index in [0.29, 0.717) is 19.8 Å². The van der Waals surface area contributed by atoms with Crippen molar-refractivity contribution < 1.29 is 22.7 Å². The summed E-state index contributed by atoms with van der Waals surface area (Å²) >= 11 is 0. The highest BCUT2D eigenvalue weighted by Gasteiger charge is 2.35. The number of rotatable bonds is 5. The molecule has 1 fully saturated rings. The number of carbonyl (C=O) groups excluding carboxylic acids is 1. The quantitative estimate of drug-likeness (QED) is 0.893. The third kappa shape index (κ3) is 4.70. The van der Waals surface area contributed by atoms with Crippen molar-refractivity contribution in [1.82, 2.24) is 10.2 Å². The summed E-state index contributed by atoms with van der Waals surface area (Å²) in [6.07, 6.45) is -4.55. The van der Waals surface area contributed by atoms with Crippen LogP contribution in [0.25, 0.3) is 0 Å². The SMILES string of the molecule is CC(C)[C@H](CNC(=O)c1ccccc1C(F)(F)F)N1CCOCC1. The molecule has 1 aromatic rings. The van der Waals surface area contributed by atoms with Gasteiger partial charge in [0.2, 0.25) is 0 Å². The number of hydrogen-bond acceptors (Lipinski definition) is 3. The van der Waals surface area contributed by atoms with Crippen molar-refractivity contribution in [3.8, 4) is 0 Å². The minimum Gasteiger partial charge on any atom is -0.379 e. The Bertz CT molecular complexity index is 555. The average Bonchev–Trinajstić information content (AvgIpc) is 2.54. The fraction of sp³-hybridized carbons (Fsp3) is 0.588. The fourth-order valence-corrected chi connectivity index (χ4v) is 2.92. The van der Waals surface area contributed by atoms with Crippen molar-refractivity contribution in [2.45, 2.75) is 26.1 Å². The van der Waals surface area contributed by atoms with Gasteiger partial charge in [-0.2, -0.15) is 13.2 Å². The molecule has 7 heteroatoms. The van der Waals surface area contributed by atoms with Crippen molar-refractivity contribution in [2.24, 2.45) is 5.92 Å². The second-order valence-corrected chi connectivity index (χ2v) is 6.21. The number of hydrogen-bond donors (Lipinski definition) is 1. The van der Waals surface area contributed by atoms with Gasteiger partial charge in [0.1, 0.15) is 0 Å². The molecule has 1 atom stereocenters. The van der Waals surface area contributed by atoms with Gasteiger partial charge >= 0.3 is 6.18 Å². The van der Waals surface area contributed by atoms with Crippen LogP contribution in [-0.2, 0) is 10.9 Å². The van der Waals surface area contributed by atoms with Crippen LogP contribution >= 0.6 is 0 Å². The first-order valence-corrected chi connectivity index (χ1v) is 8.07. The van der Waals surface area contributed by atoms with Gasteiger partial charge in [-0.3, -0.25) is 9.69 Å². The highest BCUT2D eigenvalue weighted by molar-refractivity contribution is 5.95. The average molecular weight is 344 g/mol. The molecular formula is C17H23F3N2O2. The minimum absolute atomic E-state index is 0.0656. The van der Waals surface area contributed by atoms with Crippen LogP contribution in [-0.4, -0.2) is 49.7 Å². The van der Waals surface area contributed by atoms with Gasteiger partial charge in [-0.25, -0.2) is 0 Å². The lowest BCUT2D eigenvalue weighted by Gasteiger charge is -2.37. The maximum Gasteiger partial charge on any atom is 0.417 e. The Hall–Kier alpha value is -1.60.